The summed E-state index contributed by atoms with van der Waals surface area (Å²) in [7, 11) is 0. The number of urea groups is 1. The van der Waals surface area contributed by atoms with Gasteiger partial charge >= 0.3 is 12.0 Å². The van der Waals surface area contributed by atoms with E-state index in [0.29, 0.717) is 13.1 Å². The highest BCUT2D eigenvalue weighted by Crippen LogP contribution is 2.30. The lowest BCUT2D eigenvalue weighted by Crippen LogP contribution is -2.55. The van der Waals surface area contributed by atoms with Crippen LogP contribution in [0.4, 0.5) is 4.79 Å². The molecule has 2 saturated heterocycles. The lowest BCUT2D eigenvalue weighted by Gasteiger charge is -2.40. The molecule has 0 aromatic heterocycles. The van der Waals surface area contributed by atoms with Crippen molar-refractivity contribution in [2.45, 2.75) is 26.7 Å². The van der Waals surface area contributed by atoms with E-state index < -0.39 is 5.97 Å². The molecule has 0 unspecified atom stereocenters. The van der Waals surface area contributed by atoms with E-state index in [9.17, 15) is 9.59 Å². The molecule has 0 aliphatic carbocycles. The molecular weight excluding hydrogens is 220 g/mol. The van der Waals surface area contributed by atoms with Crippen molar-refractivity contribution in [1.29, 1.82) is 0 Å². The minimum absolute atomic E-state index is 0.0808. The molecule has 0 aromatic carbocycles. The third kappa shape index (κ3) is 2.70. The second-order valence-corrected chi connectivity index (χ2v) is 5.99. The van der Waals surface area contributed by atoms with E-state index in [4.69, 9.17) is 5.11 Å². The summed E-state index contributed by atoms with van der Waals surface area (Å²) < 4.78 is 0. The molecule has 5 heteroatoms. The van der Waals surface area contributed by atoms with Crippen LogP contribution >= 0.6 is 0 Å². The first-order valence-corrected chi connectivity index (χ1v) is 6.13. The van der Waals surface area contributed by atoms with Gasteiger partial charge in [-0.1, -0.05) is 13.8 Å². The first-order chi connectivity index (χ1) is 7.87. The van der Waals surface area contributed by atoms with Gasteiger partial charge < -0.3 is 14.9 Å². The first kappa shape index (κ1) is 12.2. The normalized spacial score (nSPS) is 23.6. The zero-order valence-corrected chi connectivity index (χ0v) is 10.5. The van der Waals surface area contributed by atoms with Gasteiger partial charge in [-0.15, -0.1) is 0 Å². The van der Waals surface area contributed by atoms with Gasteiger partial charge in [-0.25, -0.2) is 4.79 Å². The summed E-state index contributed by atoms with van der Waals surface area (Å²) >= 11 is 0. The smallest absolute Gasteiger partial charge is 0.320 e. The van der Waals surface area contributed by atoms with Gasteiger partial charge in [-0.2, -0.15) is 0 Å². The molecule has 96 valence electrons. The molecule has 5 nitrogen and oxygen atoms in total. The Morgan fingerprint density at radius 1 is 1.29 bits per heavy atom. The number of carbonyl (C=O) groups excluding carboxylic acids is 1. The number of hydrogen-bond donors (Lipinski definition) is 1. The van der Waals surface area contributed by atoms with Crippen LogP contribution in [0.1, 0.15) is 26.7 Å². The van der Waals surface area contributed by atoms with Gasteiger partial charge in [0, 0.05) is 32.1 Å². The van der Waals surface area contributed by atoms with Crippen LogP contribution in [0.25, 0.3) is 0 Å². The fourth-order valence-corrected chi connectivity index (χ4v) is 2.58. The third-order valence-electron chi connectivity index (χ3n) is 3.64. The molecule has 0 bridgehead atoms. The number of aliphatic carboxylic acids is 1. The number of rotatable bonds is 2. The van der Waals surface area contributed by atoms with Crippen molar-refractivity contribution in [3.63, 3.8) is 0 Å². The van der Waals surface area contributed by atoms with Gasteiger partial charge in [0.15, 0.2) is 0 Å². The minimum atomic E-state index is -0.774. The zero-order valence-electron chi connectivity index (χ0n) is 10.5. The summed E-state index contributed by atoms with van der Waals surface area (Å²) in [5, 5.41) is 8.64. The Morgan fingerprint density at radius 2 is 1.94 bits per heavy atom. The minimum Gasteiger partial charge on any atom is -0.481 e. The van der Waals surface area contributed by atoms with Crippen LogP contribution in [0.2, 0.25) is 0 Å². The summed E-state index contributed by atoms with van der Waals surface area (Å²) in [6.45, 7) is 7.18. The maximum absolute atomic E-state index is 12.1. The fourth-order valence-electron chi connectivity index (χ4n) is 2.58. The summed E-state index contributed by atoms with van der Waals surface area (Å²) in [5.74, 6) is -0.628. The van der Waals surface area contributed by atoms with E-state index in [1.165, 1.54) is 0 Å². The maximum atomic E-state index is 12.1. The highest BCUT2D eigenvalue weighted by molar-refractivity contribution is 5.76. The molecular formula is C12H20N2O3. The Balaban J connectivity index is 1.78. The van der Waals surface area contributed by atoms with E-state index in [1.807, 2.05) is 4.90 Å². The van der Waals surface area contributed by atoms with Gasteiger partial charge in [-0.3, -0.25) is 4.79 Å². The van der Waals surface area contributed by atoms with Crippen molar-refractivity contribution >= 4 is 12.0 Å². The van der Waals surface area contributed by atoms with Gasteiger partial charge in [-0.05, 0) is 11.8 Å². The Morgan fingerprint density at radius 3 is 2.41 bits per heavy atom. The highest BCUT2D eigenvalue weighted by atomic mass is 16.4. The van der Waals surface area contributed by atoms with Crippen LogP contribution in [0.15, 0.2) is 0 Å². The molecule has 1 N–H and O–H groups in total. The second kappa shape index (κ2) is 4.20. The average Bonchev–Trinajstić information content (AvgIpc) is 2.50. The number of carboxylic acids is 1. The Hall–Kier alpha value is -1.26. The van der Waals surface area contributed by atoms with Gasteiger partial charge in [0.1, 0.15) is 0 Å². The van der Waals surface area contributed by atoms with E-state index >= 15 is 0 Å². The predicted molar refractivity (Wildman–Crippen MR) is 62.7 cm³/mol. The van der Waals surface area contributed by atoms with Crippen molar-refractivity contribution in [2.75, 3.05) is 26.2 Å². The summed E-state index contributed by atoms with van der Waals surface area (Å²) in [6, 6.07) is 0.0808. The van der Waals surface area contributed by atoms with Crippen LogP contribution in [0.3, 0.4) is 0 Å². The van der Waals surface area contributed by atoms with Crippen LogP contribution in [-0.4, -0.2) is 53.1 Å². The Kier molecular flexibility index (Phi) is 3.02. The number of amides is 2. The number of carboxylic acid groups (broad SMARTS) is 1. The number of likely N-dealkylation sites (tertiary alicyclic amines) is 2. The zero-order chi connectivity index (χ0) is 12.6. The summed E-state index contributed by atoms with van der Waals surface area (Å²) in [5.41, 5.74) is 0.223. The summed E-state index contributed by atoms with van der Waals surface area (Å²) in [4.78, 5) is 26.2. The predicted octanol–water partition coefficient (Wildman–Crippen LogP) is 1.24. The molecule has 2 heterocycles. The van der Waals surface area contributed by atoms with Crippen molar-refractivity contribution in [2.24, 2.45) is 11.3 Å². The van der Waals surface area contributed by atoms with Crippen molar-refractivity contribution in [3.05, 3.63) is 0 Å². The largest absolute Gasteiger partial charge is 0.481 e. The number of nitrogens with zero attached hydrogens (tertiary/aromatic N) is 2. The van der Waals surface area contributed by atoms with E-state index in [2.05, 4.69) is 13.8 Å². The van der Waals surface area contributed by atoms with Crippen molar-refractivity contribution in [1.82, 2.24) is 9.80 Å². The average molecular weight is 240 g/mol. The van der Waals surface area contributed by atoms with Crippen LogP contribution in [0, 0.1) is 11.3 Å². The molecule has 2 fully saturated rings. The van der Waals surface area contributed by atoms with Gasteiger partial charge in [0.05, 0.1) is 6.42 Å². The third-order valence-corrected chi connectivity index (χ3v) is 3.64. The van der Waals surface area contributed by atoms with Crippen LogP contribution in [-0.2, 0) is 4.79 Å². The first-order valence-electron chi connectivity index (χ1n) is 6.13. The quantitative estimate of drug-likeness (QED) is 0.790. The van der Waals surface area contributed by atoms with Gasteiger partial charge in [0.25, 0.3) is 0 Å². The van der Waals surface area contributed by atoms with E-state index in [-0.39, 0.29) is 23.8 Å². The topological polar surface area (TPSA) is 60.9 Å². The maximum Gasteiger partial charge on any atom is 0.320 e. The van der Waals surface area contributed by atoms with E-state index in [1.54, 1.807) is 4.90 Å². The Labute approximate surface area is 101 Å². The lowest BCUT2D eigenvalue weighted by molar-refractivity contribution is -0.139. The van der Waals surface area contributed by atoms with Gasteiger partial charge in [0.2, 0.25) is 0 Å². The molecule has 0 radical (unpaired) electrons. The van der Waals surface area contributed by atoms with Crippen LogP contribution < -0.4 is 0 Å². The molecule has 2 amide bonds. The molecule has 2 rings (SSSR count). The monoisotopic (exact) mass is 240 g/mol. The van der Waals surface area contributed by atoms with Crippen LogP contribution in [0.5, 0.6) is 0 Å². The Bertz CT molecular complexity index is 335. The van der Waals surface area contributed by atoms with Crippen molar-refractivity contribution < 1.29 is 14.7 Å². The molecule has 2 aliphatic heterocycles. The molecule has 0 atom stereocenters. The molecule has 0 aromatic rings. The molecule has 0 spiro atoms. The highest BCUT2D eigenvalue weighted by Gasteiger charge is 2.38. The van der Waals surface area contributed by atoms with Crippen molar-refractivity contribution in [3.8, 4) is 0 Å². The summed E-state index contributed by atoms with van der Waals surface area (Å²) in [6.07, 6.45) is 1.22. The number of carbonyl (C=O) groups is 2. The van der Waals surface area contributed by atoms with E-state index in [0.717, 1.165) is 19.5 Å². The SMILES string of the molecule is CC1(C)CCN(C(=O)N2CC(CC(=O)O)C2)C1. The lowest BCUT2D eigenvalue weighted by atomic mass is 9.93. The fraction of sp³-hybridized carbons (Fsp3) is 0.833. The standard InChI is InChI=1S/C12H20N2O3/c1-12(2)3-4-13(8-12)11(17)14-6-9(7-14)5-10(15)16/h9H,3-8H2,1-2H3,(H,15,16). The molecule has 17 heavy (non-hydrogen) atoms. The molecule has 2 aliphatic rings. The number of hydrogen-bond acceptors (Lipinski definition) is 2. The molecule has 0 saturated carbocycles. The second-order valence-electron chi connectivity index (χ2n) is 5.99.